The van der Waals surface area contributed by atoms with E-state index in [-0.39, 0.29) is 30.8 Å². The summed E-state index contributed by atoms with van der Waals surface area (Å²) in [7, 11) is 4.82. The Morgan fingerprint density at radius 1 is 1.19 bits per heavy atom. The van der Waals surface area contributed by atoms with Crippen LogP contribution < -0.4 is 9.47 Å². The minimum absolute atomic E-state index is 0. The third kappa shape index (κ3) is 5.06. The number of hydrogen-bond acceptors (Lipinski definition) is 5. The Morgan fingerprint density at radius 3 is 2.15 bits per heavy atom. The number of ether oxygens (including phenoxy) is 2. The number of benzene rings is 1. The van der Waals surface area contributed by atoms with Crippen LogP contribution in [0.15, 0.2) is 18.2 Å². The molecule has 0 fully saturated rings. The Balaban J connectivity index is 0.00000676. The molecule has 0 aliphatic heterocycles. The highest BCUT2D eigenvalue weighted by molar-refractivity contribution is 5.85. The predicted molar refractivity (Wildman–Crippen MR) is 109 cm³/mol. The maximum atomic E-state index is 12.9. The summed E-state index contributed by atoms with van der Waals surface area (Å²) in [4.78, 5) is 16.5. The normalized spacial score (nSPS) is 12.7. The monoisotopic (exact) mass is 397 g/mol. The lowest BCUT2D eigenvalue weighted by atomic mass is 9.79. The lowest BCUT2D eigenvalue weighted by Crippen LogP contribution is -2.52. The van der Waals surface area contributed by atoms with E-state index in [1.165, 1.54) is 0 Å². The topological polar surface area (TPSA) is 65.8 Å². The van der Waals surface area contributed by atoms with E-state index >= 15 is 0 Å². The van der Waals surface area contributed by atoms with E-state index in [2.05, 4.69) is 6.07 Å². The first kappa shape index (κ1) is 25.0. The molecule has 1 aromatic rings. The van der Waals surface area contributed by atoms with Crippen LogP contribution >= 0.6 is 12.4 Å². The number of likely N-dealkylation sites (N-methyl/N-ethyl adjacent to an activating group) is 2. The Labute approximate surface area is 169 Å². The highest BCUT2D eigenvalue weighted by Gasteiger charge is 2.43. The summed E-state index contributed by atoms with van der Waals surface area (Å²) in [5, 5.41) is 10.1. The number of nitriles is 1. The number of carbonyl (C=O) groups excluding carboxylic acids is 1. The fourth-order valence-electron chi connectivity index (χ4n) is 3.20. The third-order valence-corrected chi connectivity index (χ3v) is 4.99. The van der Waals surface area contributed by atoms with Gasteiger partial charge in [-0.25, -0.2) is 0 Å². The van der Waals surface area contributed by atoms with Gasteiger partial charge in [-0.3, -0.25) is 9.69 Å². The summed E-state index contributed by atoms with van der Waals surface area (Å²) in [6.07, 6.45) is 0. The first-order valence-corrected chi connectivity index (χ1v) is 8.94. The van der Waals surface area contributed by atoms with Crippen molar-refractivity contribution in [3.05, 3.63) is 23.8 Å². The molecule has 0 aliphatic carbocycles. The summed E-state index contributed by atoms with van der Waals surface area (Å²) in [5.74, 6) is 0.925. The fraction of sp³-hybridized carbons (Fsp3) is 0.600. The van der Waals surface area contributed by atoms with E-state index in [1.54, 1.807) is 38.3 Å². The molecule has 0 radical (unpaired) electrons. The summed E-state index contributed by atoms with van der Waals surface area (Å²) < 4.78 is 10.7. The van der Waals surface area contributed by atoms with Crippen molar-refractivity contribution >= 4 is 18.3 Å². The van der Waals surface area contributed by atoms with Crippen molar-refractivity contribution in [2.45, 2.75) is 33.2 Å². The number of rotatable bonds is 9. The molecule has 152 valence electrons. The zero-order chi connectivity index (χ0) is 19.9. The lowest BCUT2D eigenvalue weighted by Gasteiger charge is -2.40. The predicted octanol–water partition coefficient (Wildman–Crippen LogP) is 3.30. The van der Waals surface area contributed by atoms with Crippen molar-refractivity contribution < 1.29 is 14.3 Å². The smallest absolute Gasteiger partial charge is 0.238 e. The van der Waals surface area contributed by atoms with E-state index in [1.807, 2.05) is 38.7 Å². The standard InChI is InChI=1S/C20H31N3O3.ClH/c1-8-23(9-2)13-19(24)22(5)20(14-21,15(3)4)16-10-11-17(25-6)18(12-16)26-7;/h10-12,15H,8-9,13H2,1-7H3;1H. The second-order valence-electron chi connectivity index (χ2n) is 6.52. The molecule has 1 aromatic carbocycles. The van der Waals surface area contributed by atoms with Gasteiger partial charge in [0.15, 0.2) is 17.0 Å². The van der Waals surface area contributed by atoms with Crippen LogP contribution in [0, 0.1) is 17.2 Å². The van der Waals surface area contributed by atoms with Crippen LogP contribution in [0.3, 0.4) is 0 Å². The maximum absolute atomic E-state index is 12.9. The molecule has 27 heavy (non-hydrogen) atoms. The molecule has 0 aliphatic rings. The highest BCUT2D eigenvalue weighted by Crippen LogP contribution is 2.39. The molecule has 1 unspecified atom stereocenters. The summed E-state index contributed by atoms with van der Waals surface area (Å²) in [6, 6.07) is 7.78. The largest absolute Gasteiger partial charge is 0.493 e. The van der Waals surface area contributed by atoms with Crippen LogP contribution in [0.25, 0.3) is 0 Å². The van der Waals surface area contributed by atoms with Gasteiger partial charge in [0.2, 0.25) is 5.91 Å². The Kier molecular flexibility index (Phi) is 10.2. The number of halogens is 1. The van der Waals surface area contributed by atoms with Crippen molar-refractivity contribution in [2.75, 3.05) is 40.9 Å². The molecule has 0 saturated heterocycles. The molecule has 0 bridgehead atoms. The summed E-state index contributed by atoms with van der Waals surface area (Å²) in [5.41, 5.74) is -0.382. The van der Waals surface area contributed by atoms with Gasteiger partial charge in [0.05, 0.1) is 26.8 Å². The van der Waals surface area contributed by atoms with Gasteiger partial charge in [-0.2, -0.15) is 5.26 Å². The summed E-state index contributed by atoms with van der Waals surface area (Å²) >= 11 is 0. The van der Waals surface area contributed by atoms with Crippen LogP contribution in [-0.2, 0) is 10.3 Å². The molecule has 0 heterocycles. The van der Waals surface area contributed by atoms with Gasteiger partial charge in [0.25, 0.3) is 0 Å². The molecule has 1 amide bonds. The second kappa shape index (κ2) is 11.0. The van der Waals surface area contributed by atoms with Crippen LogP contribution in [0.2, 0.25) is 0 Å². The average Bonchev–Trinajstić information content (AvgIpc) is 2.66. The number of nitrogens with zero attached hydrogens (tertiary/aromatic N) is 3. The van der Waals surface area contributed by atoms with E-state index in [4.69, 9.17) is 9.47 Å². The quantitative estimate of drug-likeness (QED) is 0.639. The SMILES string of the molecule is CCN(CC)CC(=O)N(C)C(C#N)(c1ccc(OC)c(OC)c1)C(C)C.Cl. The Hall–Kier alpha value is -1.97. The van der Waals surface area contributed by atoms with Crippen LogP contribution in [0.5, 0.6) is 11.5 Å². The van der Waals surface area contributed by atoms with E-state index in [9.17, 15) is 10.1 Å². The van der Waals surface area contributed by atoms with Gasteiger partial charge in [-0.05, 0) is 36.7 Å². The van der Waals surface area contributed by atoms with Gasteiger partial charge in [-0.1, -0.05) is 33.8 Å². The van der Waals surface area contributed by atoms with E-state index in [0.717, 1.165) is 13.1 Å². The first-order chi connectivity index (χ1) is 12.3. The molecule has 0 N–H and O–H groups in total. The minimum Gasteiger partial charge on any atom is -0.493 e. The molecule has 1 atom stereocenters. The molecular formula is C20H32ClN3O3. The zero-order valence-corrected chi connectivity index (χ0v) is 18.2. The van der Waals surface area contributed by atoms with Crippen molar-refractivity contribution in [2.24, 2.45) is 5.92 Å². The fourth-order valence-corrected chi connectivity index (χ4v) is 3.20. The van der Waals surface area contributed by atoms with Crippen molar-refractivity contribution in [3.8, 4) is 17.6 Å². The zero-order valence-electron chi connectivity index (χ0n) is 17.4. The number of methoxy groups -OCH3 is 2. The van der Waals surface area contributed by atoms with Gasteiger partial charge >= 0.3 is 0 Å². The van der Waals surface area contributed by atoms with Gasteiger partial charge in [0.1, 0.15) is 0 Å². The van der Waals surface area contributed by atoms with E-state index < -0.39 is 5.54 Å². The van der Waals surface area contributed by atoms with E-state index in [0.29, 0.717) is 17.1 Å². The first-order valence-electron chi connectivity index (χ1n) is 8.94. The van der Waals surface area contributed by atoms with Crippen LogP contribution in [0.1, 0.15) is 33.3 Å². The number of amides is 1. The minimum atomic E-state index is -1.09. The van der Waals surface area contributed by atoms with Gasteiger partial charge < -0.3 is 14.4 Å². The third-order valence-electron chi connectivity index (χ3n) is 4.99. The van der Waals surface area contributed by atoms with Crippen LogP contribution in [0.4, 0.5) is 0 Å². The molecule has 7 heteroatoms. The summed E-state index contributed by atoms with van der Waals surface area (Å²) in [6.45, 7) is 9.78. The lowest BCUT2D eigenvalue weighted by molar-refractivity contribution is -0.136. The molecule has 0 spiro atoms. The van der Waals surface area contributed by atoms with Crippen LogP contribution in [-0.4, -0.2) is 56.6 Å². The maximum Gasteiger partial charge on any atom is 0.238 e. The van der Waals surface area contributed by atoms with Crippen molar-refractivity contribution in [1.29, 1.82) is 5.26 Å². The number of hydrogen-bond donors (Lipinski definition) is 0. The average molecular weight is 398 g/mol. The second-order valence-corrected chi connectivity index (χ2v) is 6.52. The Morgan fingerprint density at radius 2 is 1.74 bits per heavy atom. The Bertz CT molecular complexity index is 656. The van der Waals surface area contributed by atoms with Gasteiger partial charge in [0, 0.05) is 7.05 Å². The molecule has 1 rings (SSSR count). The molecule has 6 nitrogen and oxygen atoms in total. The molecular weight excluding hydrogens is 366 g/mol. The van der Waals surface area contributed by atoms with Crippen molar-refractivity contribution in [3.63, 3.8) is 0 Å². The van der Waals surface area contributed by atoms with Gasteiger partial charge in [-0.15, -0.1) is 12.4 Å². The van der Waals surface area contributed by atoms with Crippen molar-refractivity contribution in [1.82, 2.24) is 9.80 Å². The number of carbonyl (C=O) groups is 1. The molecule has 0 saturated carbocycles. The molecule has 0 aromatic heterocycles. The highest BCUT2D eigenvalue weighted by atomic mass is 35.5.